The number of likely N-dealkylation sites (tertiary alicyclic amines) is 1. The molecule has 1 aliphatic heterocycles. The number of amides is 1. The Hall–Kier alpha value is -2.24. The summed E-state index contributed by atoms with van der Waals surface area (Å²) in [7, 11) is 1.85. The van der Waals surface area contributed by atoms with Crippen LogP contribution in [0.4, 0.5) is 0 Å². The molecule has 0 radical (unpaired) electrons. The largest absolute Gasteiger partial charge is 0.484 e. The van der Waals surface area contributed by atoms with Crippen LogP contribution in [-0.2, 0) is 11.3 Å². The van der Waals surface area contributed by atoms with Crippen LogP contribution in [0.2, 0.25) is 0 Å². The maximum Gasteiger partial charge on any atom is 0.257 e. The van der Waals surface area contributed by atoms with Gasteiger partial charge in [0.1, 0.15) is 5.75 Å². The zero-order valence-electron chi connectivity index (χ0n) is 17.8. The van der Waals surface area contributed by atoms with Crippen molar-refractivity contribution in [2.75, 3.05) is 33.3 Å². The summed E-state index contributed by atoms with van der Waals surface area (Å²) < 4.78 is 5.58. The van der Waals surface area contributed by atoms with E-state index < -0.39 is 0 Å². The van der Waals surface area contributed by atoms with Crippen molar-refractivity contribution in [3.63, 3.8) is 0 Å². The molecule has 0 saturated carbocycles. The molecule has 0 spiro atoms. The minimum Gasteiger partial charge on any atom is -0.484 e. The van der Waals surface area contributed by atoms with E-state index in [1.807, 2.05) is 32.2 Å². The van der Waals surface area contributed by atoms with Crippen LogP contribution in [0.25, 0.3) is 0 Å². The predicted molar refractivity (Wildman–Crippen MR) is 115 cm³/mol. The maximum atomic E-state index is 11.6. The second-order valence-electron chi connectivity index (χ2n) is 7.36. The highest BCUT2D eigenvalue weighted by Gasteiger charge is 2.29. The molecule has 1 aliphatic rings. The number of guanidine groups is 1. The summed E-state index contributed by atoms with van der Waals surface area (Å²) in [5.41, 5.74) is 1.10. The van der Waals surface area contributed by atoms with Crippen LogP contribution in [0, 0.1) is 11.8 Å². The lowest BCUT2D eigenvalue weighted by Crippen LogP contribution is -2.40. The fourth-order valence-electron chi connectivity index (χ4n) is 3.98. The van der Waals surface area contributed by atoms with Gasteiger partial charge < -0.3 is 20.3 Å². The second kappa shape index (κ2) is 11.6. The van der Waals surface area contributed by atoms with E-state index in [9.17, 15) is 4.79 Å². The van der Waals surface area contributed by atoms with E-state index in [4.69, 9.17) is 4.74 Å². The Balaban J connectivity index is 1.87. The average molecular weight is 389 g/mol. The van der Waals surface area contributed by atoms with Crippen LogP contribution in [0.15, 0.2) is 29.3 Å². The average Bonchev–Trinajstić information content (AvgIpc) is 3.18. The minimum atomic E-state index is -0.104. The number of nitrogens with zero attached hydrogens (tertiary/aromatic N) is 2. The smallest absolute Gasteiger partial charge is 0.257 e. The number of benzene rings is 1. The van der Waals surface area contributed by atoms with Gasteiger partial charge in [-0.3, -0.25) is 9.79 Å². The number of aliphatic imine (C=N–C) groups is 1. The Kier molecular flexibility index (Phi) is 9.11. The Morgan fingerprint density at radius 3 is 2.75 bits per heavy atom. The summed E-state index contributed by atoms with van der Waals surface area (Å²) in [5.74, 6) is 3.13. The standard InChI is InChI=1S/C22H36N4O2/c1-5-18(6-2)19-11-12-26(15-19)22(23-4)25-14-17-9-8-10-20(13-17)28-16-21(27)24-7-3/h8-10,13,18-19H,5-7,11-12,14-16H2,1-4H3,(H,23,25)(H,24,27). The molecule has 0 aromatic heterocycles. The first-order valence-electron chi connectivity index (χ1n) is 10.5. The van der Waals surface area contributed by atoms with E-state index in [0.717, 1.165) is 36.4 Å². The molecule has 1 saturated heterocycles. The summed E-state index contributed by atoms with van der Waals surface area (Å²) in [6, 6.07) is 7.84. The first-order valence-corrected chi connectivity index (χ1v) is 10.5. The molecule has 6 heteroatoms. The van der Waals surface area contributed by atoms with Gasteiger partial charge in [0, 0.05) is 33.2 Å². The van der Waals surface area contributed by atoms with Crippen molar-refractivity contribution in [3.05, 3.63) is 29.8 Å². The minimum absolute atomic E-state index is 0.0393. The summed E-state index contributed by atoms with van der Waals surface area (Å²) in [4.78, 5) is 18.4. The van der Waals surface area contributed by atoms with Crippen LogP contribution >= 0.6 is 0 Å². The van der Waals surface area contributed by atoms with Crippen molar-refractivity contribution in [3.8, 4) is 5.75 Å². The Morgan fingerprint density at radius 2 is 2.07 bits per heavy atom. The number of rotatable bonds is 9. The highest BCUT2D eigenvalue weighted by Crippen LogP contribution is 2.28. The van der Waals surface area contributed by atoms with Crippen LogP contribution < -0.4 is 15.4 Å². The maximum absolute atomic E-state index is 11.6. The number of likely N-dealkylation sites (N-methyl/N-ethyl adjacent to an activating group) is 1. The summed E-state index contributed by atoms with van der Waals surface area (Å²) >= 11 is 0. The summed E-state index contributed by atoms with van der Waals surface area (Å²) in [5, 5.41) is 6.21. The molecule has 2 rings (SSSR count). The van der Waals surface area contributed by atoms with Crippen LogP contribution in [0.5, 0.6) is 5.75 Å². The monoisotopic (exact) mass is 388 g/mol. The number of hydrogen-bond donors (Lipinski definition) is 2. The summed E-state index contributed by atoms with van der Waals surface area (Å²) in [6.45, 7) is 9.97. The Bertz CT molecular complexity index is 643. The number of carbonyl (C=O) groups excluding carboxylic acids is 1. The van der Waals surface area contributed by atoms with Crippen molar-refractivity contribution in [2.24, 2.45) is 16.8 Å². The topological polar surface area (TPSA) is 66.0 Å². The van der Waals surface area contributed by atoms with Crippen LogP contribution in [0.3, 0.4) is 0 Å². The van der Waals surface area contributed by atoms with Gasteiger partial charge in [-0.25, -0.2) is 0 Å². The van der Waals surface area contributed by atoms with Crippen molar-refractivity contribution in [1.29, 1.82) is 0 Å². The fraction of sp³-hybridized carbons (Fsp3) is 0.636. The first kappa shape index (κ1) is 22.1. The van der Waals surface area contributed by atoms with E-state index in [0.29, 0.717) is 18.8 Å². The molecule has 1 fully saturated rings. The van der Waals surface area contributed by atoms with Crippen molar-refractivity contribution in [2.45, 2.75) is 46.6 Å². The molecule has 0 aliphatic carbocycles. The molecule has 1 aromatic carbocycles. The van der Waals surface area contributed by atoms with Crippen molar-refractivity contribution >= 4 is 11.9 Å². The van der Waals surface area contributed by atoms with E-state index in [2.05, 4.69) is 40.4 Å². The fourth-order valence-corrected chi connectivity index (χ4v) is 3.98. The number of nitrogens with one attached hydrogen (secondary N) is 2. The third-order valence-corrected chi connectivity index (χ3v) is 5.54. The van der Waals surface area contributed by atoms with E-state index in [1.165, 1.54) is 19.3 Å². The highest BCUT2D eigenvalue weighted by atomic mass is 16.5. The predicted octanol–water partition coefficient (Wildman–Crippen LogP) is 3.04. The third-order valence-electron chi connectivity index (χ3n) is 5.54. The number of hydrogen-bond acceptors (Lipinski definition) is 3. The van der Waals surface area contributed by atoms with Gasteiger partial charge in [0.2, 0.25) is 0 Å². The molecule has 156 valence electrons. The third kappa shape index (κ3) is 6.43. The van der Waals surface area contributed by atoms with Gasteiger partial charge in [0.25, 0.3) is 5.91 Å². The molecule has 2 N–H and O–H groups in total. The molecule has 1 amide bonds. The molecule has 1 unspecified atom stereocenters. The molecule has 1 atom stereocenters. The zero-order valence-corrected chi connectivity index (χ0v) is 17.8. The first-order chi connectivity index (χ1) is 13.6. The highest BCUT2D eigenvalue weighted by molar-refractivity contribution is 5.80. The van der Waals surface area contributed by atoms with E-state index in [1.54, 1.807) is 0 Å². The number of carbonyl (C=O) groups is 1. The Morgan fingerprint density at radius 1 is 1.29 bits per heavy atom. The molecule has 1 heterocycles. The lowest BCUT2D eigenvalue weighted by molar-refractivity contribution is -0.122. The van der Waals surface area contributed by atoms with Crippen molar-refractivity contribution in [1.82, 2.24) is 15.5 Å². The second-order valence-corrected chi connectivity index (χ2v) is 7.36. The van der Waals surface area contributed by atoms with E-state index >= 15 is 0 Å². The van der Waals surface area contributed by atoms with Gasteiger partial charge in [-0.1, -0.05) is 38.8 Å². The normalized spacial score (nSPS) is 17.1. The molecule has 1 aromatic rings. The molecule has 0 bridgehead atoms. The molecular weight excluding hydrogens is 352 g/mol. The van der Waals surface area contributed by atoms with Gasteiger partial charge in [-0.2, -0.15) is 0 Å². The van der Waals surface area contributed by atoms with Gasteiger partial charge in [0.05, 0.1) is 0 Å². The quantitative estimate of drug-likeness (QED) is 0.504. The SMILES string of the molecule is CCNC(=O)COc1cccc(CNC(=NC)N2CCC(C(CC)CC)C2)c1. The van der Waals surface area contributed by atoms with Gasteiger partial charge >= 0.3 is 0 Å². The Labute approximate surface area is 169 Å². The van der Waals surface area contributed by atoms with Crippen LogP contribution in [0.1, 0.15) is 45.6 Å². The summed E-state index contributed by atoms with van der Waals surface area (Å²) in [6.07, 6.45) is 3.75. The lowest BCUT2D eigenvalue weighted by atomic mass is 9.87. The van der Waals surface area contributed by atoms with Gasteiger partial charge in [0.15, 0.2) is 12.6 Å². The van der Waals surface area contributed by atoms with Gasteiger partial charge in [-0.15, -0.1) is 0 Å². The van der Waals surface area contributed by atoms with Crippen LogP contribution in [-0.4, -0.2) is 50.1 Å². The van der Waals surface area contributed by atoms with Crippen molar-refractivity contribution < 1.29 is 9.53 Å². The molecule has 6 nitrogen and oxygen atoms in total. The van der Waals surface area contributed by atoms with Gasteiger partial charge in [-0.05, 0) is 42.9 Å². The molecule has 28 heavy (non-hydrogen) atoms. The zero-order chi connectivity index (χ0) is 20.4. The van der Waals surface area contributed by atoms with E-state index in [-0.39, 0.29) is 12.5 Å². The number of ether oxygens (including phenoxy) is 1. The lowest BCUT2D eigenvalue weighted by Gasteiger charge is -2.24. The molecular formula is C22H36N4O2.